The number of hydrogen-bond acceptors (Lipinski definition) is 2. The van der Waals surface area contributed by atoms with Gasteiger partial charge in [-0.15, -0.1) is 0 Å². The van der Waals surface area contributed by atoms with Crippen molar-refractivity contribution in [2.24, 2.45) is 0 Å². The summed E-state index contributed by atoms with van der Waals surface area (Å²) in [5.41, 5.74) is 0. The molecule has 1 rings (SSSR count). The van der Waals surface area contributed by atoms with E-state index in [2.05, 4.69) is 12.6 Å². The summed E-state index contributed by atoms with van der Waals surface area (Å²) in [6.07, 6.45) is 15.4. The third-order valence-corrected chi connectivity index (χ3v) is 3.77. The van der Waals surface area contributed by atoms with Crippen molar-refractivity contribution >= 4 is 12.6 Å². The summed E-state index contributed by atoms with van der Waals surface area (Å²) in [5.74, 6) is 1.05. The average Bonchev–Trinajstić information content (AvgIpc) is 2.80. The van der Waals surface area contributed by atoms with Crippen molar-refractivity contribution in [3.8, 4) is 0 Å². The van der Waals surface area contributed by atoms with Crippen LogP contribution in [0.4, 0.5) is 0 Å². The molecule has 1 saturated carbocycles. The van der Waals surface area contributed by atoms with Crippen molar-refractivity contribution in [1.82, 2.24) is 0 Å². The molecule has 0 aromatic rings. The van der Waals surface area contributed by atoms with Gasteiger partial charge in [-0.2, -0.15) is 12.6 Å². The second kappa shape index (κ2) is 10.5. The maximum atomic E-state index is 5.84. The maximum Gasteiger partial charge on any atom is 0.0575 e. The van der Waals surface area contributed by atoms with Gasteiger partial charge in [0.2, 0.25) is 0 Å². The lowest BCUT2D eigenvalue weighted by Gasteiger charge is -2.10. The van der Waals surface area contributed by atoms with Crippen LogP contribution in [0.5, 0.6) is 0 Å². The van der Waals surface area contributed by atoms with Crippen molar-refractivity contribution in [3.05, 3.63) is 0 Å². The van der Waals surface area contributed by atoms with Gasteiger partial charge in [0.1, 0.15) is 0 Å². The predicted octanol–water partition coefficient (Wildman–Crippen LogP) is 4.61. The Kier molecular flexibility index (Phi) is 9.40. The number of rotatable bonds is 10. The van der Waals surface area contributed by atoms with Crippen molar-refractivity contribution in [2.45, 2.75) is 76.7 Å². The standard InChI is InChI=1S/C14H28OS/c16-13-9-5-3-1-2-4-8-12-15-14-10-6-7-11-14/h14,16H,1-13H2. The minimum atomic E-state index is 0.607. The van der Waals surface area contributed by atoms with Gasteiger partial charge in [0.05, 0.1) is 6.10 Å². The Balaban J connectivity index is 1.71. The van der Waals surface area contributed by atoms with E-state index >= 15 is 0 Å². The molecule has 96 valence electrons. The Morgan fingerprint density at radius 2 is 1.38 bits per heavy atom. The molecular formula is C14H28OS. The maximum absolute atomic E-state index is 5.84. The fourth-order valence-corrected chi connectivity index (χ4v) is 2.63. The highest BCUT2D eigenvalue weighted by molar-refractivity contribution is 7.80. The van der Waals surface area contributed by atoms with Crippen LogP contribution in [0, 0.1) is 0 Å². The van der Waals surface area contributed by atoms with Crippen LogP contribution in [0.3, 0.4) is 0 Å². The first-order valence-electron chi connectivity index (χ1n) is 7.16. The Hall–Kier alpha value is 0.310. The lowest BCUT2D eigenvalue weighted by atomic mass is 10.1. The zero-order chi connectivity index (χ0) is 11.5. The minimum absolute atomic E-state index is 0.607. The summed E-state index contributed by atoms with van der Waals surface area (Å²) in [6.45, 7) is 1.00. The van der Waals surface area contributed by atoms with Gasteiger partial charge in [-0.05, 0) is 31.4 Å². The van der Waals surface area contributed by atoms with Crippen LogP contribution in [-0.2, 0) is 4.74 Å². The molecule has 1 nitrogen and oxygen atoms in total. The summed E-state index contributed by atoms with van der Waals surface area (Å²) >= 11 is 4.22. The molecule has 0 aromatic carbocycles. The second-order valence-corrected chi connectivity index (χ2v) is 5.42. The first-order chi connectivity index (χ1) is 7.93. The smallest absolute Gasteiger partial charge is 0.0575 e. The molecular weight excluding hydrogens is 216 g/mol. The van der Waals surface area contributed by atoms with Crippen molar-refractivity contribution < 1.29 is 4.74 Å². The van der Waals surface area contributed by atoms with Crippen LogP contribution < -0.4 is 0 Å². The Bertz CT molecular complexity index is 144. The van der Waals surface area contributed by atoms with E-state index in [0.29, 0.717) is 6.10 Å². The third-order valence-electron chi connectivity index (χ3n) is 3.46. The summed E-state index contributed by atoms with van der Waals surface area (Å²) in [4.78, 5) is 0. The minimum Gasteiger partial charge on any atom is -0.378 e. The van der Waals surface area contributed by atoms with Crippen LogP contribution in [-0.4, -0.2) is 18.5 Å². The van der Waals surface area contributed by atoms with E-state index < -0.39 is 0 Å². The van der Waals surface area contributed by atoms with Crippen molar-refractivity contribution in [1.29, 1.82) is 0 Å². The molecule has 0 bridgehead atoms. The zero-order valence-corrected chi connectivity index (χ0v) is 11.5. The Morgan fingerprint density at radius 3 is 2.00 bits per heavy atom. The lowest BCUT2D eigenvalue weighted by Crippen LogP contribution is -2.08. The molecule has 0 spiro atoms. The molecule has 0 aliphatic heterocycles. The molecule has 0 unspecified atom stereocenters. The fourth-order valence-electron chi connectivity index (χ4n) is 2.40. The molecule has 0 radical (unpaired) electrons. The molecule has 0 atom stereocenters. The average molecular weight is 244 g/mol. The van der Waals surface area contributed by atoms with E-state index in [4.69, 9.17) is 4.74 Å². The molecule has 0 saturated heterocycles. The molecule has 16 heavy (non-hydrogen) atoms. The van der Waals surface area contributed by atoms with E-state index in [0.717, 1.165) is 12.4 Å². The molecule has 0 amide bonds. The largest absolute Gasteiger partial charge is 0.378 e. The van der Waals surface area contributed by atoms with Gasteiger partial charge in [0.15, 0.2) is 0 Å². The lowest BCUT2D eigenvalue weighted by molar-refractivity contribution is 0.0556. The van der Waals surface area contributed by atoms with Crippen LogP contribution in [0.2, 0.25) is 0 Å². The third kappa shape index (κ3) is 7.56. The SMILES string of the molecule is SCCCCCCCCCOC1CCCC1. The Labute approximate surface area is 107 Å². The molecule has 0 aromatic heterocycles. The highest BCUT2D eigenvalue weighted by atomic mass is 32.1. The van der Waals surface area contributed by atoms with Crippen molar-refractivity contribution in [2.75, 3.05) is 12.4 Å². The summed E-state index contributed by atoms with van der Waals surface area (Å²) in [6, 6.07) is 0. The number of ether oxygens (including phenoxy) is 1. The second-order valence-electron chi connectivity index (χ2n) is 4.98. The number of hydrogen-bond donors (Lipinski definition) is 1. The highest BCUT2D eigenvalue weighted by Gasteiger charge is 2.14. The number of unbranched alkanes of at least 4 members (excludes halogenated alkanes) is 6. The number of thiol groups is 1. The van der Waals surface area contributed by atoms with E-state index in [-0.39, 0.29) is 0 Å². The molecule has 1 aliphatic carbocycles. The van der Waals surface area contributed by atoms with Gasteiger partial charge in [0.25, 0.3) is 0 Å². The summed E-state index contributed by atoms with van der Waals surface area (Å²) < 4.78 is 5.84. The van der Waals surface area contributed by atoms with Gasteiger partial charge in [-0.1, -0.05) is 44.9 Å². The fraction of sp³-hybridized carbons (Fsp3) is 1.00. The first kappa shape index (κ1) is 14.4. The quantitative estimate of drug-likeness (QED) is 0.436. The van der Waals surface area contributed by atoms with Crippen LogP contribution in [0.25, 0.3) is 0 Å². The topological polar surface area (TPSA) is 9.23 Å². The molecule has 0 N–H and O–H groups in total. The first-order valence-corrected chi connectivity index (χ1v) is 7.79. The van der Waals surface area contributed by atoms with Crippen LogP contribution in [0.15, 0.2) is 0 Å². The van der Waals surface area contributed by atoms with Crippen LogP contribution in [0.1, 0.15) is 70.6 Å². The normalized spacial score (nSPS) is 17.1. The zero-order valence-electron chi connectivity index (χ0n) is 10.6. The van der Waals surface area contributed by atoms with E-state index in [9.17, 15) is 0 Å². The van der Waals surface area contributed by atoms with E-state index in [1.165, 1.54) is 70.6 Å². The van der Waals surface area contributed by atoms with Crippen LogP contribution >= 0.6 is 12.6 Å². The van der Waals surface area contributed by atoms with E-state index in [1.54, 1.807) is 0 Å². The van der Waals surface area contributed by atoms with E-state index in [1.807, 2.05) is 0 Å². The molecule has 2 heteroatoms. The highest BCUT2D eigenvalue weighted by Crippen LogP contribution is 2.21. The monoisotopic (exact) mass is 244 g/mol. The van der Waals surface area contributed by atoms with Crippen molar-refractivity contribution in [3.63, 3.8) is 0 Å². The van der Waals surface area contributed by atoms with Gasteiger partial charge in [-0.25, -0.2) is 0 Å². The summed E-state index contributed by atoms with van der Waals surface area (Å²) in [5, 5.41) is 0. The summed E-state index contributed by atoms with van der Waals surface area (Å²) in [7, 11) is 0. The van der Waals surface area contributed by atoms with Gasteiger partial charge in [-0.3, -0.25) is 0 Å². The predicted molar refractivity (Wildman–Crippen MR) is 74.4 cm³/mol. The van der Waals surface area contributed by atoms with Gasteiger partial charge >= 0.3 is 0 Å². The molecule has 1 aliphatic rings. The van der Waals surface area contributed by atoms with Gasteiger partial charge in [0, 0.05) is 6.61 Å². The van der Waals surface area contributed by atoms with Gasteiger partial charge < -0.3 is 4.74 Å². The molecule has 0 heterocycles. The molecule has 1 fully saturated rings. The Morgan fingerprint density at radius 1 is 0.812 bits per heavy atom.